The predicted molar refractivity (Wildman–Crippen MR) is 99.3 cm³/mol. The van der Waals surface area contributed by atoms with E-state index in [0.717, 1.165) is 16.7 Å². The molecule has 126 valence electrons. The minimum atomic E-state index is -0.296. The number of amides is 1. The van der Waals surface area contributed by atoms with E-state index in [1.807, 2.05) is 43.3 Å². The van der Waals surface area contributed by atoms with Crippen molar-refractivity contribution in [3.8, 4) is 0 Å². The minimum Gasteiger partial charge on any atom is -0.451 e. The van der Waals surface area contributed by atoms with Crippen LogP contribution in [0.1, 0.15) is 23.0 Å². The van der Waals surface area contributed by atoms with Gasteiger partial charge in [0.05, 0.1) is 5.71 Å². The summed E-state index contributed by atoms with van der Waals surface area (Å²) in [6.07, 6.45) is 0. The third kappa shape index (κ3) is 3.87. The monoisotopic (exact) mass is 334 g/mol. The summed E-state index contributed by atoms with van der Waals surface area (Å²) in [5.41, 5.74) is 11.0. The van der Waals surface area contributed by atoms with Gasteiger partial charge in [0.1, 0.15) is 11.4 Å². The summed E-state index contributed by atoms with van der Waals surface area (Å²) in [4.78, 5) is 12.3. The minimum absolute atomic E-state index is 0.272. The van der Waals surface area contributed by atoms with Crippen LogP contribution in [0.25, 0.3) is 11.0 Å². The van der Waals surface area contributed by atoms with E-state index in [2.05, 4.69) is 22.4 Å². The Hall–Kier alpha value is -3.54. The normalized spacial score (nSPS) is 11.3. The molecular formula is C19H18N4O2. The summed E-state index contributed by atoms with van der Waals surface area (Å²) < 4.78 is 5.56. The lowest BCUT2D eigenvalue weighted by Crippen LogP contribution is -2.14. The van der Waals surface area contributed by atoms with Gasteiger partial charge in [-0.3, -0.25) is 10.2 Å². The molecule has 1 aromatic heterocycles. The van der Waals surface area contributed by atoms with Crippen LogP contribution in [0, 0.1) is 0 Å². The third-order valence-corrected chi connectivity index (χ3v) is 3.58. The molecule has 0 fully saturated rings. The number of carbonyl (C=O) groups excluding carboxylic acids is 1. The van der Waals surface area contributed by atoms with Crippen LogP contribution in [0.5, 0.6) is 0 Å². The zero-order chi connectivity index (χ0) is 17.8. The topological polar surface area (TPSA) is 92.6 Å². The Morgan fingerprint density at radius 3 is 2.56 bits per heavy atom. The first kappa shape index (κ1) is 16.3. The second-order valence-electron chi connectivity index (χ2n) is 5.51. The Morgan fingerprint density at radius 1 is 1.16 bits per heavy atom. The Labute approximate surface area is 145 Å². The van der Waals surface area contributed by atoms with Gasteiger partial charge >= 0.3 is 0 Å². The molecule has 0 atom stereocenters. The van der Waals surface area contributed by atoms with Crippen molar-refractivity contribution in [3.05, 3.63) is 78.3 Å². The van der Waals surface area contributed by atoms with E-state index in [0.29, 0.717) is 11.3 Å². The Bertz CT molecular complexity index is 922. The number of anilines is 1. The van der Waals surface area contributed by atoms with E-state index in [-0.39, 0.29) is 17.5 Å². The number of rotatable bonds is 5. The van der Waals surface area contributed by atoms with E-state index in [4.69, 9.17) is 10.2 Å². The van der Waals surface area contributed by atoms with Crippen molar-refractivity contribution < 1.29 is 9.21 Å². The molecule has 0 unspecified atom stereocenters. The molecule has 4 N–H and O–H groups in total. The quantitative estimate of drug-likeness (QED) is 0.492. The fourth-order valence-corrected chi connectivity index (χ4v) is 2.30. The molecule has 3 rings (SSSR count). The smallest absolute Gasteiger partial charge is 0.291 e. The largest absolute Gasteiger partial charge is 0.451 e. The maximum Gasteiger partial charge on any atom is 0.291 e. The van der Waals surface area contributed by atoms with Crippen molar-refractivity contribution >= 4 is 28.3 Å². The van der Waals surface area contributed by atoms with Gasteiger partial charge in [0.15, 0.2) is 5.76 Å². The van der Waals surface area contributed by atoms with Crippen LogP contribution < -0.4 is 16.5 Å². The van der Waals surface area contributed by atoms with Crippen molar-refractivity contribution in [2.45, 2.75) is 6.92 Å². The van der Waals surface area contributed by atoms with Crippen molar-refractivity contribution in [1.29, 1.82) is 0 Å². The summed E-state index contributed by atoms with van der Waals surface area (Å²) in [5, 5.41) is 7.80. The van der Waals surface area contributed by atoms with Gasteiger partial charge in [-0.15, -0.1) is 0 Å². The maximum absolute atomic E-state index is 12.3. The van der Waals surface area contributed by atoms with Crippen LogP contribution in [-0.4, -0.2) is 11.6 Å². The summed E-state index contributed by atoms with van der Waals surface area (Å²) in [6.45, 7) is 5.36. The average molecular weight is 334 g/mol. The van der Waals surface area contributed by atoms with Crippen molar-refractivity contribution in [2.75, 3.05) is 5.32 Å². The molecule has 1 amide bonds. The number of hydrogen-bond acceptors (Lipinski definition) is 5. The van der Waals surface area contributed by atoms with Gasteiger partial charge in [-0.25, -0.2) is 0 Å². The number of nitrogens with zero attached hydrogens (tertiary/aromatic N) is 1. The lowest BCUT2D eigenvalue weighted by atomic mass is 10.1. The lowest BCUT2D eigenvalue weighted by Gasteiger charge is -2.06. The van der Waals surface area contributed by atoms with E-state index in [1.165, 1.54) is 0 Å². The van der Waals surface area contributed by atoms with Crippen LogP contribution in [0.4, 0.5) is 5.69 Å². The summed E-state index contributed by atoms with van der Waals surface area (Å²) >= 11 is 0. The molecule has 0 aliphatic carbocycles. The fourth-order valence-electron chi connectivity index (χ4n) is 2.30. The highest BCUT2D eigenvalue weighted by Crippen LogP contribution is 2.20. The molecule has 0 radical (unpaired) electrons. The molecule has 25 heavy (non-hydrogen) atoms. The second kappa shape index (κ2) is 6.92. The fraction of sp³-hybridized carbons (Fsp3) is 0.0526. The Morgan fingerprint density at radius 2 is 1.88 bits per heavy atom. The first-order chi connectivity index (χ1) is 12.0. The SMILES string of the molecule is C=C(N)N/N=C(/C)c1ccc(NC(=O)c2cc3ccccc3o2)cc1. The first-order valence-corrected chi connectivity index (χ1v) is 7.68. The average Bonchev–Trinajstić information content (AvgIpc) is 3.04. The summed E-state index contributed by atoms with van der Waals surface area (Å²) in [5.74, 6) is 0.248. The third-order valence-electron chi connectivity index (χ3n) is 3.58. The molecule has 2 aromatic carbocycles. The molecule has 3 aromatic rings. The maximum atomic E-state index is 12.3. The van der Waals surface area contributed by atoms with Gasteiger partial charge in [-0.05, 0) is 36.8 Å². The Balaban J connectivity index is 1.71. The molecule has 0 aliphatic rings. The molecule has 0 spiro atoms. The first-order valence-electron chi connectivity index (χ1n) is 7.68. The number of hydrazone groups is 1. The second-order valence-corrected chi connectivity index (χ2v) is 5.51. The number of benzene rings is 2. The van der Waals surface area contributed by atoms with Crippen LogP contribution >= 0.6 is 0 Å². The lowest BCUT2D eigenvalue weighted by molar-refractivity contribution is 0.0998. The zero-order valence-corrected chi connectivity index (χ0v) is 13.7. The van der Waals surface area contributed by atoms with Gasteiger partial charge in [-0.2, -0.15) is 5.10 Å². The van der Waals surface area contributed by atoms with E-state index in [1.54, 1.807) is 18.2 Å². The Kier molecular flexibility index (Phi) is 4.52. The van der Waals surface area contributed by atoms with Gasteiger partial charge in [-0.1, -0.05) is 36.9 Å². The van der Waals surface area contributed by atoms with Crippen molar-refractivity contribution in [1.82, 2.24) is 5.43 Å². The van der Waals surface area contributed by atoms with Crippen LogP contribution in [-0.2, 0) is 0 Å². The summed E-state index contributed by atoms with van der Waals surface area (Å²) in [6, 6.07) is 16.5. The van der Waals surface area contributed by atoms with Crippen molar-refractivity contribution in [3.63, 3.8) is 0 Å². The highest BCUT2D eigenvalue weighted by Gasteiger charge is 2.12. The van der Waals surface area contributed by atoms with E-state index < -0.39 is 0 Å². The molecule has 0 saturated heterocycles. The van der Waals surface area contributed by atoms with Gasteiger partial charge in [0.2, 0.25) is 0 Å². The van der Waals surface area contributed by atoms with Gasteiger partial charge < -0.3 is 15.5 Å². The van der Waals surface area contributed by atoms with Crippen molar-refractivity contribution in [2.24, 2.45) is 10.8 Å². The highest BCUT2D eigenvalue weighted by atomic mass is 16.3. The predicted octanol–water partition coefficient (Wildman–Crippen LogP) is 3.43. The number of para-hydroxylation sites is 1. The molecule has 1 heterocycles. The van der Waals surface area contributed by atoms with Crippen LogP contribution in [0.3, 0.4) is 0 Å². The standard InChI is InChI=1S/C19H18N4O2/c1-12(22-23-13(2)20)14-7-9-16(10-8-14)21-19(24)18-11-15-5-3-4-6-17(15)25-18/h3-11,23H,2,20H2,1H3,(H,21,24)/b22-12-. The number of furan rings is 1. The van der Waals surface area contributed by atoms with E-state index in [9.17, 15) is 4.79 Å². The number of nitrogens with two attached hydrogens (primary N) is 1. The zero-order valence-electron chi connectivity index (χ0n) is 13.7. The molecule has 0 bridgehead atoms. The van der Waals surface area contributed by atoms with Crippen LogP contribution in [0.2, 0.25) is 0 Å². The molecular weight excluding hydrogens is 316 g/mol. The molecule has 0 aliphatic heterocycles. The van der Waals surface area contributed by atoms with Gasteiger partial charge in [0, 0.05) is 11.1 Å². The van der Waals surface area contributed by atoms with E-state index >= 15 is 0 Å². The molecule has 6 heteroatoms. The molecule has 6 nitrogen and oxygen atoms in total. The summed E-state index contributed by atoms with van der Waals surface area (Å²) in [7, 11) is 0. The molecule has 0 saturated carbocycles. The highest BCUT2D eigenvalue weighted by molar-refractivity contribution is 6.05. The number of fused-ring (bicyclic) bond motifs is 1. The number of hydrogen-bond donors (Lipinski definition) is 3. The number of carbonyl (C=O) groups is 1. The number of nitrogens with one attached hydrogen (secondary N) is 2. The van der Waals surface area contributed by atoms with Crippen LogP contribution in [0.15, 0.2) is 76.5 Å². The van der Waals surface area contributed by atoms with Gasteiger partial charge in [0.25, 0.3) is 5.91 Å².